The van der Waals surface area contributed by atoms with Gasteiger partial charge in [0.1, 0.15) is 6.23 Å². The molecule has 1 aliphatic heterocycles. The zero-order valence-corrected chi connectivity index (χ0v) is 9.74. The molecule has 1 aromatic heterocycles. The average Bonchev–Trinajstić information content (AvgIpc) is 2.73. The number of aliphatic hydroxyl groups excluding tert-OH is 1. The van der Waals surface area contributed by atoms with Crippen molar-refractivity contribution < 1.29 is 5.11 Å². The van der Waals surface area contributed by atoms with Crippen molar-refractivity contribution in [2.45, 2.75) is 12.5 Å². The van der Waals surface area contributed by atoms with E-state index in [-0.39, 0.29) is 0 Å². The van der Waals surface area contributed by atoms with Crippen molar-refractivity contribution in [3.63, 3.8) is 0 Å². The molecule has 2 aromatic rings. The molecule has 17 heavy (non-hydrogen) atoms. The zero-order chi connectivity index (χ0) is 12.0. The van der Waals surface area contributed by atoms with Crippen molar-refractivity contribution in [2.75, 3.05) is 5.32 Å². The second kappa shape index (κ2) is 3.78. The number of nitrogens with two attached hydrogens (primary N) is 2. The lowest BCUT2D eigenvalue weighted by atomic mass is 10.1. The Hall–Kier alpha value is -1.47. The van der Waals surface area contributed by atoms with Crippen LogP contribution in [-0.4, -0.2) is 17.6 Å². The topological polar surface area (TPSA) is 96.7 Å². The van der Waals surface area contributed by atoms with Crippen molar-refractivity contribution in [3.8, 4) is 0 Å². The minimum atomic E-state index is -0.936. The molecule has 2 heterocycles. The first kappa shape index (κ1) is 10.7. The van der Waals surface area contributed by atoms with Crippen LogP contribution in [0.25, 0.3) is 10.1 Å². The SMILES string of the molecule is NC1N=Cc2ccc3sc(C(N)O)cc3c2N1. The number of nitrogens with zero attached hydrogens (tertiary/aromatic N) is 1. The molecule has 0 spiro atoms. The lowest BCUT2D eigenvalue weighted by Crippen LogP contribution is -2.30. The molecule has 88 valence electrons. The van der Waals surface area contributed by atoms with Crippen LogP contribution in [0.4, 0.5) is 5.69 Å². The summed E-state index contributed by atoms with van der Waals surface area (Å²) in [5, 5.41) is 13.5. The second-order valence-corrected chi connectivity index (χ2v) is 5.02. The first-order valence-corrected chi connectivity index (χ1v) is 6.02. The van der Waals surface area contributed by atoms with E-state index in [1.165, 1.54) is 11.3 Å². The van der Waals surface area contributed by atoms with E-state index in [1.54, 1.807) is 6.21 Å². The first-order chi connectivity index (χ1) is 8.15. The van der Waals surface area contributed by atoms with Gasteiger partial charge in [0, 0.05) is 26.7 Å². The molecule has 1 aliphatic rings. The molecule has 0 amide bonds. The summed E-state index contributed by atoms with van der Waals surface area (Å²) in [7, 11) is 0. The minimum Gasteiger partial charge on any atom is -0.374 e. The maximum atomic E-state index is 9.40. The van der Waals surface area contributed by atoms with Gasteiger partial charge in [-0.3, -0.25) is 10.7 Å². The molecule has 1 aromatic carbocycles. The van der Waals surface area contributed by atoms with Gasteiger partial charge in [0.2, 0.25) is 0 Å². The van der Waals surface area contributed by atoms with Crippen LogP contribution in [0.1, 0.15) is 16.7 Å². The molecular formula is C11H12N4OS. The maximum absolute atomic E-state index is 9.40. The summed E-state index contributed by atoms with van der Waals surface area (Å²) in [6, 6.07) is 5.86. The Morgan fingerprint density at radius 3 is 3.06 bits per heavy atom. The summed E-state index contributed by atoms with van der Waals surface area (Å²) < 4.78 is 1.07. The number of anilines is 1. The van der Waals surface area contributed by atoms with Crippen molar-refractivity contribution in [2.24, 2.45) is 16.5 Å². The van der Waals surface area contributed by atoms with Crippen LogP contribution in [0.3, 0.4) is 0 Å². The van der Waals surface area contributed by atoms with Crippen molar-refractivity contribution in [1.29, 1.82) is 0 Å². The summed E-state index contributed by atoms with van der Waals surface area (Å²) in [5.41, 5.74) is 13.2. The molecule has 6 heteroatoms. The van der Waals surface area contributed by atoms with E-state index < -0.39 is 12.5 Å². The molecule has 0 aliphatic carbocycles. The standard InChI is InChI=1S/C11H12N4OS/c12-10(16)8-3-6-7(17-8)2-1-5-4-14-11(13)15-9(5)6/h1-4,10-11,15-16H,12-13H2. The van der Waals surface area contributed by atoms with E-state index in [4.69, 9.17) is 11.5 Å². The molecule has 0 bridgehead atoms. The monoisotopic (exact) mass is 248 g/mol. The van der Waals surface area contributed by atoms with E-state index in [2.05, 4.69) is 10.3 Å². The Morgan fingerprint density at radius 1 is 1.47 bits per heavy atom. The third-order valence-electron chi connectivity index (χ3n) is 2.71. The quantitative estimate of drug-likeness (QED) is 0.565. The van der Waals surface area contributed by atoms with Gasteiger partial charge in [-0.15, -0.1) is 11.3 Å². The van der Waals surface area contributed by atoms with Gasteiger partial charge >= 0.3 is 0 Å². The van der Waals surface area contributed by atoms with Crippen LogP contribution in [0, 0.1) is 0 Å². The smallest absolute Gasteiger partial charge is 0.171 e. The van der Waals surface area contributed by atoms with Crippen LogP contribution < -0.4 is 16.8 Å². The minimum absolute atomic E-state index is 0.417. The molecule has 3 rings (SSSR count). The predicted molar refractivity (Wildman–Crippen MR) is 70.2 cm³/mol. The van der Waals surface area contributed by atoms with Gasteiger partial charge in [-0.1, -0.05) is 0 Å². The lowest BCUT2D eigenvalue weighted by molar-refractivity contribution is 0.190. The number of benzene rings is 1. The van der Waals surface area contributed by atoms with Gasteiger partial charge < -0.3 is 16.2 Å². The normalized spacial score (nSPS) is 20.1. The van der Waals surface area contributed by atoms with Crippen LogP contribution >= 0.6 is 11.3 Å². The van der Waals surface area contributed by atoms with Gasteiger partial charge in [0.25, 0.3) is 0 Å². The van der Waals surface area contributed by atoms with Crippen LogP contribution in [0.2, 0.25) is 0 Å². The molecule has 5 nitrogen and oxygen atoms in total. The number of fused-ring (bicyclic) bond motifs is 3. The van der Waals surface area contributed by atoms with Crippen molar-refractivity contribution >= 4 is 33.3 Å². The fraction of sp³-hybridized carbons (Fsp3) is 0.182. The number of thiophene rings is 1. The number of aliphatic imine (C=N–C) groups is 1. The predicted octanol–water partition coefficient (Wildman–Crippen LogP) is 0.938. The number of hydrogen-bond donors (Lipinski definition) is 4. The summed E-state index contributed by atoms with van der Waals surface area (Å²) in [6.45, 7) is 0. The number of aliphatic hydroxyl groups is 1. The van der Waals surface area contributed by atoms with E-state index in [1.807, 2.05) is 18.2 Å². The Morgan fingerprint density at radius 2 is 2.29 bits per heavy atom. The summed E-state index contributed by atoms with van der Waals surface area (Å²) in [5.74, 6) is 0. The van der Waals surface area contributed by atoms with Gasteiger partial charge in [-0.05, 0) is 18.2 Å². The highest BCUT2D eigenvalue weighted by Crippen LogP contribution is 2.36. The first-order valence-electron chi connectivity index (χ1n) is 5.20. The van der Waals surface area contributed by atoms with Gasteiger partial charge in [0.15, 0.2) is 6.29 Å². The number of nitrogens with one attached hydrogen (secondary N) is 1. The second-order valence-electron chi connectivity index (χ2n) is 3.90. The largest absolute Gasteiger partial charge is 0.374 e. The van der Waals surface area contributed by atoms with Gasteiger partial charge in [-0.25, -0.2) is 0 Å². The van der Waals surface area contributed by atoms with Gasteiger partial charge in [-0.2, -0.15) is 0 Å². The zero-order valence-electron chi connectivity index (χ0n) is 8.92. The van der Waals surface area contributed by atoms with E-state index in [0.717, 1.165) is 26.2 Å². The van der Waals surface area contributed by atoms with Gasteiger partial charge in [0.05, 0.1) is 5.69 Å². The van der Waals surface area contributed by atoms with E-state index in [9.17, 15) is 5.11 Å². The Kier molecular flexibility index (Phi) is 2.37. The third-order valence-corrected chi connectivity index (χ3v) is 3.88. The van der Waals surface area contributed by atoms with Crippen molar-refractivity contribution in [3.05, 3.63) is 28.6 Å². The number of hydrogen-bond acceptors (Lipinski definition) is 6. The summed E-state index contributed by atoms with van der Waals surface area (Å²) in [4.78, 5) is 4.83. The molecule has 0 saturated carbocycles. The molecule has 2 unspecified atom stereocenters. The van der Waals surface area contributed by atoms with E-state index in [0.29, 0.717) is 0 Å². The Bertz CT molecular complexity index is 605. The molecule has 6 N–H and O–H groups in total. The highest BCUT2D eigenvalue weighted by atomic mass is 32.1. The molecule has 0 fully saturated rings. The fourth-order valence-electron chi connectivity index (χ4n) is 1.91. The van der Waals surface area contributed by atoms with Crippen LogP contribution in [-0.2, 0) is 0 Å². The maximum Gasteiger partial charge on any atom is 0.171 e. The summed E-state index contributed by atoms with van der Waals surface area (Å²) in [6.07, 6.45) is 0.403. The number of rotatable bonds is 1. The highest BCUT2D eigenvalue weighted by Gasteiger charge is 2.16. The molecular weight excluding hydrogens is 236 g/mol. The Labute approximate surface area is 102 Å². The fourth-order valence-corrected chi connectivity index (χ4v) is 2.87. The summed E-state index contributed by atoms with van der Waals surface area (Å²) >= 11 is 1.48. The average molecular weight is 248 g/mol. The molecule has 2 atom stereocenters. The van der Waals surface area contributed by atoms with Crippen LogP contribution in [0.5, 0.6) is 0 Å². The van der Waals surface area contributed by atoms with E-state index >= 15 is 0 Å². The Balaban J connectivity index is 2.23. The highest BCUT2D eigenvalue weighted by molar-refractivity contribution is 7.19. The third kappa shape index (κ3) is 1.71. The molecule has 0 saturated heterocycles. The lowest BCUT2D eigenvalue weighted by Gasteiger charge is -2.18. The van der Waals surface area contributed by atoms with Crippen molar-refractivity contribution in [1.82, 2.24) is 0 Å². The molecule has 0 radical (unpaired) electrons. The van der Waals surface area contributed by atoms with Crippen LogP contribution in [0.15, 0.2) is 23.2 Å².